The second-order valence-electron chi connectivity index (χ2n) is 5.94. The van der Waals surface area contributed by atoms with Crippen molar-refractivity contribution in [2.24, 2.45) is 5.73 Å². The number of fused-ring (bicyclic) bond motifs is 1. The summed E-state index contributed by atoms with van der Waals surface area (Å²) in [7, 11) is 0. The second-order valence-corrected chi connectivity index (χ2v) is 5.94. The van der Waals surface area contributed by atoms with Crippen LogP contribution in [0, 0.1) is 0 Å². The van der Waals surface area contributed by atoms with Crippen molar-refractivity contribution in [3.8, 4) is 0 Å². The Morgan fingerprint density at radius 3 is 2.74 bits per heavy atom. The normalized spacial score (nSPS) is 19.6. The van der Waals surface area contributed by atoms with Crippen LogP contribution in [0.5, 0.6) is 0 Å². The van der Waals surface area contributed by atoms with Crippen LogP contribution in [0.25, 0.3) is 0 Å². The number of carbonyl (C=O) groups excluding carboxylic acids is 1. The number of benzene rings is 1. The van der Waals surface area contributed by atoms with Crippen molar-refractivity contribution >= 4 is 11.8 Å². The van der Waals surface area contributed by atoms with E-state index in [4.69, 9.17) is 10.5 Å². The number of carbonyl (C=O) groups is 1. The largest absolute Gasteiger partial charge is 0.443 e. The molecule has 2 rings (SSSR count). The lowest BCUT2D eigenvalue weighted by Crippen LogP contribution is -2.37. The van der Waals surface area contributed by atoms with Crippen LogP contribution in [0.3, 0.4) is 0 Å². The first-order chi connectivity index (χ1) is 8.88. The molecule has 1 aromatic carbocycles. The standard InChI is InChI=1S/C15H22N2O2/c1-15(2,3)19-14(18)17-10-6-8-12(16)11-7-4-5-9-13(11)17/h4-5,7,9,12H,6,8,10,16H2,1-3H3/t12-/m0/s1. The summed E-state index contributed by atoms with van der Waals surface area (Å²) >= 11 is 0. The molecule has 0 saturated carbocycles. The summed E-state index contributed by atoms with van der Waals surface area (Å²) in [6, 6.07) is 7.79. The molecule has 1 aliphatic rings. The molecule has 0 aromatic heterocycles. The molecule has 4 nitrogen and oxygen atoms in total. The van der Waals surface area contributed by atoms with Gasteiger partial charge in [-0.15, -0.1) is 0 Å². The Morgan fingerprint density at radius 1 is 1.37 bits per heavy atom. The van der Waals surface area contributed by atoms with Gasteiger partial charge in [-0.3, -0.25) is 4.90 Å². The summed E-state index contributed by atoms with van der Waals surface area (Å²) < 4.78 is 5.47. The minimum atomic E-state index is -0.486. The van der Waals surface area contributed by atoms with Crippen molar-refractivity contribution in [2.45, 2.75) is 45.3 Å². The zero-order valence-electron chi connectivity index (χ0n) is 11.8. The summed E-state index contributed by atoms with van der Waals surface area (Å²) in [5.41, 5.74) is 7.57. The Balaban J connectivity index is 2.31. The molecule has 0 unspecified atom stereocenters. The van der Waals surface area contributed by atoms with Gasteiger partial charge in [-0.2, -0.15) is 0 Å². The lowest BCUT2D eigenvalue weighted by atomic mass is 10.0. The Hall–Kier alpha value is -1.55. The van der Waals surface area contributed by atoms with Crippen molar-refractivity contribution in [3.63, 3.8) is 0 Å². The fourth-order valence-corrected chi connectivity index (χ4v) is 2.30. The number of ether oxygens (including phenoxy) is 1. The third-order valence-electron chi connectivity index (χ3n) is 3.14. The van der Waals surface area contributed by atoms with E-state index in [-0.39, 0.29) is 12.1 Å². The highest BCUT2D eigenvalue weighted by atomic mass is 16.6. The maximum absolute atomic E-state index is 12.3. The van der Waals surface area contributed by atoms with Crippen molar-refractivity contribution < 1.29 is 9.53 Å². The van der Waals surface area contributed by atoms with Gasteiger partial charge < -0.3 is 10.5 Å². The molecule has 0 bridgehead atoms. The summed E-state index contributed by atoms with van der Waals surface area (Å²) in [6.45, 7) is 6.28. The molecule has 0 aliphatic carbocycles. The molecule has 0 spiro atoms. The highest BCUT2D eigenvalue weighted by molar-refractivity contribution is 5.89. The predicted molar refractivity (Wildman–Crippen MR) is 76.2 cm³/mol. The average Bonchev–Trinajstić information content (AvgIpc) is 2.47. The number of nitrogens with two attached hydrogens (primary N) is 1. The molecular weight excluding hydrogens is 240 g/mol. The highest BCUT2D eigenvalue weighted by Gasteiger charge is 2.28. The fraction of sp³-hybridized carbons (Fsp3) is 0.533. The molecule has 2 N–H and O–H groups in total. The lowest BCUT2D eigenvalue weighted by molar-refractivity contribution is 0.0580. The molecule has 1 aromatic rings. The highest BCUT2D eigenvalue weighted by Crippen LogP contribution is 2.32. The smallest absolute Gasteiger partial charge is 0.414 e. The molecule has 104 valence electrons. The number of hydrogen-bond acceptors (Lipinski definition) is 3. The first-order valence-electron chi connectivity index (χ1n) is 6.73. The van der Waals surface area contributed by atoms with Crippen LogP contribution >= 0.6 is 0 Å². The van der Waals surface area contributed by atoms with Crippen LogP contribution in [-0.4, -0.2) is 18.2 Å². The zero-order chi connectivity index (χ0) is 14.0. The van der Waals surface area contributed by atoms with E-state index in [9.17, 15) is 4.79 Å². The van der Waals surface area contributed by atoms with E-state index in [0.717, 1.165) is 24.1 Å². The van der Waals surface area contributed by atoms with Gasteiger partial charge in [0.1, 0.15) is 5.60 Å². The lowest BCUT2D eigenvalue weighted by Gasteiger charge is -2.27. The third kappa shape index (κ3) is 3.26. The number of para-hydroxylation sites is 1. The van der Waals surface area contributed by atoms with Crippen LogP contribution in [0.1, 0.15) is 45.2 Å². The number of hydrogen-bond donors (Lipinski definition) is 1. The first kappa shape index (κ1) is 13.9. The number of amides is 1. The van der Waals surface area contributed by atoms with Crippen molar-refractivity contribution in [1.82, 2.24) is 0 Å². The minimum absolute atomic E-state index is 0.0105. The van der Waals surface area contributed by atoms with Gasteiger partial charge >= 0.3 is 6.09 Å². The molecule has 0 radical (unpaired) electrons. The third-order valence-corrected chi connectivity index (χ3v) is 3.14. The van der Waals surface area contributed by atoms with Crippen LogP contribution in [0.2, 0.25) is 0 Å². The van der Waals surface area contributed by atoms with Crippen LogP contribution in [0.15, 0.2) is 24.3 Å². The summed E-state index contributed by atoms with van der Waals surface area (Å²) in [4.78, 5) is 14.0. The van der Waals surface area contributed by atoms with E-state index in [0.29, 0.717) is 6.54 Å². The van der Waals surface area contributed by atoms with E-state index in [2.05, 4.69) is 0 Å². The fourth-order valence-electron chi connectivity index (χ4n) is 2.30. The molecule has 0 fully saturated rings. The van der Waals surface area contributed by atoms with Gasteiger partial charge in [-0.25, -0.2) is 4.79 Å². The van der Waals surface area contributed by atoms with Gasteiger partial charge in [-0.05, 0) is 45.2 Å². The van der Waals surface area contributed by atoms with Gasteiger partial charge in [-0.1, -0.05) is 18.2 Å². The van der Waals surface area contributed by atoms with Gasteiger partial charge in [0.05, 0.1) is 5.69 Å². The van der Waals surface area contributed by atoms with E-state index >= 15 is 0 Å². The maximum atomic E-state index is 12.3. The SMILES string of the molecule is CC(C)(C)OC(=O)N1CCC[C@H](N)c2ccccc21. The van der Waals surface area contributed by atoms with E-state index < -0.39 is 5.60 Å². The number of nitrogens with zero attached hydrogens (tertiary/aromatic N) is 1. The van der Waals surface area contributed by atoms with Crippen molar-refractivity contribution in [1.29, 1.82) is 0 Å². The van der Waals surface area contributed by atoms with Crippen molar-refractivity contribution in [3.05, 3.63) is 29.8 Å². The molecule has 1 amide bonds. The number of anilines is 1. The molecule has 4 heteroatoms. The summed E-state index contributed by atoms with van der Waals surface area (Å²) in [5.74, 6) is 0. The Labute approximate surface area is 114 Å². The molecule has 0 saturated heterocycles. The molecule has 1 atom stereocenters. The monoisotopic (exact) mass is 262 g/mol. The maximum Gasteiger partial charge on any atom is 0.414 e. The Bertz CT molecular complexity index is 465. The molecule has 19 heavy (non-hydrogen) atoms. The quantitative estimate of drug-likeness (QED) is 0.781. The molecule has 1 aliphatic heterocycles. The van der Waals surface area contributed by atoms with Crippen LogP contribution < -0.4 is 10.6 Å². The van der Waals surface area contributed by atoms with Crippen LogP contribution in [-0.2, 0) is 4.74 Å². The molecular formula is C15H22N2O2. The first-order valence-corrected chi connectivity index (χ1v) is 6.73. The zero-order valence-corrected chi connectivity index (χ0v) is 11.8. The van der Waals surface area contributed by atoms with Gasteiger partial charge in [0.2, 0.25) is 0 Å². The van der Waals surface area contributed by atoms with Crippen LogP contribution in [0.4, 0.5) is 10.5 Å². The van der Waals surface area contributed by atoms with E-state index in [1.165, 1.54) is 0 Å². The van der Waals surface area contributed by atoms with Gasteiger partial charge in [0.25, 0.3) is 0 Å². The van der Waals surface area contributed by atoms with Gasteiger partial charge in [0.15, 0.2) is 0 Å². The predicted octanol–water partition coefficient (Wildman–Crippen LogP) is 3.22. The summed E-state index contributed by atoms with van der Waals surface area (Å²) in [5, 5.41) is 0. The number of rotatable bonds is 0. The molecule has 1 heterocycles. The Kier molecular flexibility index (Phi) is 3.80. The van der Waals surface area contributed by atoms with E-state index in [1.807, 2.05) is 45.0 Å². The minimum Gasteiger partial charge on any atom is -0.443 e. The topological polar surface area (TPSA) is 55.6 Å². The Morgan fingerprint density at radius 2 is 2.05 bits per heavy atom. The average molecular weight is 262 g/mol. The second kappa shape index (κ2) is 5.21. The summed E-state index contributed by atoms with van der Waals surface area (Å²) in [6.07, 6.45) is 1.47. The van der Waals surface area contributed by atoms with E-state index in [1.54, 1.807) is 4.90 Å². The van der Waals surface area contributed by atoms with Gasteiger partial charge in [0, 0.05) is 12.6 Å². The van der Waals surface area contributed by atoms with Crippen molar-refractivity contribution in [2.75, 3.05) is 11.4 Å².